The molecule has 0 aliphatic heterocycles. The summed E-state index contributed by atoms with van der Waals surface area (Å²) < 4.78 is 1.80. The van der Waals surface area contributed by atoms with E-state index in [1.807, 2.05) is 7.05 Å². The zero-order chi connectivity index (χ0) is 10.1. The third-order valence-electron chi connectivity index (χ3n) is 1.93. The summed E-state index contributed by atoms with van der Waals surface area (Å²) in [5.41, 5.74) is 1.35. The van der Waals surface area contributed by atoms with E-state index in [0.29, 0.717) is 11.5 Å². The second kappa shape index (κ2) is 3.10. The smallest absolute Gasteiger partial charge is 0.251 e. The first kappa shape index (κ1) is 8.68. The Morgan fingerprint density at radius 2 is 2.29 bits per heavy atom. The Hall–Kier alpha value is -1.91. The molecule has 72 valence electrons. The van der Waals surface area contributed by atoms with E-state index < -0.39 is 0 Å². The van der Waals surface area contributed by atoms with Crippen molar-refractivity contribution < 1.29 is 0 Å². The molecule has 0 aliphatic carbocycles. The summed E-state index contributed by atoms with van der Waals surface area (Å²) in [5, 5.41) is 0. The molecule has 0 unspecified atom stereocenters. The SMILES string of the molecule is Cc1cc(=O)[nH]c(-c2cncn2C)n1. The van der Waals surface area contributed by atoms with Crippen molar-refractivity contribution in [1.82, 2.24) is 19.5 Å². The molecule has 0 fully saturated rings. The number of hydrogen-bond acceptors (Lipinski definition) is 3. The predicted molar refractivity (Wildman–Crippen MR) is 51.8 cm³/mol. The largest absolute Gasteiger partial charge is 0.331 e. The van der Waals surface area contributed by atoms with Gasteiger partial charge in [-0.25, -0.2) is 9.97 Å². The lowest BCUT2D eigenvalue weighted by Gasteiger charge is -2.01. The predicted octanol–water partition coefficient (Wildman–Crippen LogP) is 0.479. The Kier molecular flexibility index (Phi) is 1.92. The van der Waals surface area contributed by atoms with Gasteiger partial charge in [-0.15, -0.1) is 0 Å². The number of hydrogen-bond donors (Lipinski definition) is 1. The first-order valence-electron chi connectivity index (χ1n) is 4.21. The van der Waals surface area contributed by atoms with E-state index in [0.717, 1.165) is 5.69 Å². The monoisotopic (exact) mass is 190 g/mol. The van der Waals surface area contributed by atoms with Crippen LogP contribution in [-0.2, 0) is 7.05 Å². The molecule has 0 bridgehead atoms. The van der Waals surface area contributed by atoms with Crippen LogP contribution in [0.5, 0.6) is 0 Å². The summed E-state index contributed by atoms with van der Waals surface area (Å²) in [7, 11) is 1.85. The van der Waals surface area contributed by atoms with Crippen LogP contribution in [0.1, 0.15) is 5.69 Å². The van der Waals surface area contributed by atoms with Crippen molar-refractivity contribution in [2.45, 2.75) is 6.92 Å². The van der Waals surface area contributed by atoms with Gasteiger partial charge in [0.1, 0.15) is 5.69 Å². The molecule has 0 saturated carbocycles. The third kappa shape index (κ3) is 1.44. The average molecular weight is 190 g/mol. The molecule has 5 nitrogen and oxygen atoms in total. The number of aryl methyl sites for hydroxylation is 2. The lowest BCUT2D eigenvalue weighted by molar-refractivity contribution is 0.902. The van der Waals surface area contributed by atoms with Crippen LogP contribution in [0.4, 0.5) is 0 Å². The van der Waals surface area contributed by atoms with Crippen LogP contribution in [0.25, 0.3) is 11.5 Å². The molecule has 0 spiro atoms. The molecule has 2 rings (SSSR count). The van der Waals surface area contributed by atoms with Gasteiger partial charge in [0.25, 0.3) is 5.56 Å². The molecule has 0 amide bonds. The molecule has 0 radical (unpaired) electrons. The Bertz CT molecular complexity index is 512. The van der Waals surface area contributed by atoms with E-state index in [4.69, 9.17) is 0 Å². The van der Waals surface area contributed by atoms with Crippen molar-refractivity contribution in [1.29, 1.82) is 0 Å². The van der Waals surface area contributed by atoms with Crippen LogP contribution in [0, 0.1) is 6.92 Å². The highest BCUT2D eigenvalue weighted by atomic mass is 16.1. The van der Waals surface area contributed by atoms with Gasteiger partial charge in [0.15, 0.2) is 5.82 Å². The van der Waals surface area contributed by atoms with Crippen molar-refractivity contribution in [3.8, 4) is 11.5 Å². The van der Waals surface area contributed by atoms with Crippen LogP contribution in [0.2, 0.25) is 0 Å². The van der Waals surface area contributed by atoms with E-state index in [9.17, 15) is 4.79 Å². The molecule has 0 atom stereocenters. The zero-order valence-corrected chi connectivity index (χ0v) is 7.98. The first-order valence-corrected chi connectivity index (χ1v) is 4.21. The fourth-order valence-electron chi connectivity index (χ4n) is 1.29. The van der Waals surface area contributed by atoms with E-state index >= 15 is 0 Å². The summed E-state index contributed by atoms with van der Waals surface area (Å²) in [5.74, 6) is 0.551. The summed E-state index contributed by atoms with van der Waals surface area (Å²) in [6.45, 7) is 1.79. The quantitative estimate of drug-likeness (QED) is 0.711. The first-order chi connectivity index (χ1) is 6.66. The second-order valence-electron chi connectivity index (χ2n) is 3.13. The highest BCUT2D eigenvalue weighted by Gasteiger charge is 2.05. The highest BCUT2D eigenvalue weighted by Crippen LogP contribution is 2.10. The molecule has 2 aromatic rings. The Labute approximate surface area is 80.5 Å². The molecule has 2 aromatic heterocycles. The van der Waals surface area contributed by atoms with E-state index in [2.05, 4.69) is 15.0 Å². The Balaban J connectivity index is 2.63. The Morgan fingerprint density at radius 3 is 2.86 bits per heavy atom. The molecule has 2 heterocycles. The van der Waals surface area contributed by atoms with Crippen LogP contribution >= 0.6 is 0 Å². The summed E-state index contributed by atoms with van der Waals surface area (Å²) in [6.07, 6.45) is 3.33. The van der Waals surface area contributed by atoms with E-state index in [-0.39, 0.29) is 5.56 Å². The number of H-pyrrole nitrogens is 1. The van der Waals surface area contributed by atoms with Crippen molar-refractivity contribution in [2.24, 2.45) is 7.05 Å². The van der Waals surface area contributed by atoms with Crippen LogP contribution in [0.15, 0.2) is 23.4 Å². The minimum atomic E-state index is -0.145. The van der Waals surface area contributed by atoms with Crippen LogP contribution in [0.3, 0.4) is 0 Å². The maximum Gasteiger partial charge on any atom is 0.251 e. The van der Waals surface area contributed by atoms with E-state index in [1.165, 1.54) is 6.07 Å². The fourth-order valence-corrected chi connectivity index (χ4v) is 1.29. The summed E-state index contributed by atoms with van der Waals surface area (Å²) in [6, 6.07) is 1.46. The van der Waals surface area contributed by atoms with Gasteiger partial charge >= 0.3 is 0 Å². The van der Waals surface area contributed by atoms with Crippen LogP contribution in [-0.4, -0.2) is 19.5 Å². The zero-order valence-electron chi connectivity index (χ0n) is 7.98. The third-order valence-corrected chi connectivity index (χ3v) is 1.93. The molecule has 1 N–H and O–H groups in total. The normalized spacial score (nSPS) is 10.4. The number of rotatable bonds is 1. The minimum absolute atomic E-state index is 0.145. The van der Waals surface area contributed by atoms with Crippen LogP contribution < -0.4 is 5.56 Å². The summed E-state index contributed by atoms with van der Waals surface area (Å²) in [4.78, 5) is 22.0. The molecule has 14 heavy (non-hydrogen) atoms. The van der Waals surface area contributed by atoms with Gasteiger partial charge in [-0.1, -0.05) is 0 Å². The number of aromatic amines is 1. The van der Waals surface area contributed by atoms with E-state index in [1.54, 1.807) is 24.0 Å². The van der Waals surface area contributed by atoms with Crippen molar-refractivity contribution in [2.75, 3.05) is 0 Å². The summed E-state index contributed by atoms with van der Waals surface area (Å²) >= 11 is 0. The van der Waals surface area contributed by atoms with Gasteiger partial charge in [-0.2, -0.15) is 0 Å². The average Bonchev–Trinajstić information content (AvgIpc) is 2.49. The topological polar surface area (TPSA) is 63.6 Å². The lowest BCUT2D eigenvalue weighted by Crippen LogP contribution is -2.09. The number of nitrogens with one attached hydrogen (secondary N) is 1. The number of nitrogens with zero attached hydrogens (tertiary/aromatic N) is 3. The van der Waals surface area contributed by atoms with Gasteiger partial charge in [0.05, 0.1) is 12.5 Å². The second-order valence-corrected chi connectivity index (χ2v) is 3.13. The van der Waals surface area contributed by atoms with Gasteiger partial charge in [0, 0.05) is 18.8 Å². The molecular weight excluding hydrogens is 180 g/mol. The maximum atomic E-state index is 11.2. The fraction of sp³-hybridized carbons (Fsp3) is 0.222. The molecule has 0 aromatic carbocycles. The highest BCUT2D eigenvalue weighted by molar-refractivity contribution is 5.47. The molecule has 0 saturated heterocycles. The number of imidazole rings is 1. The maximum absolute atomic E-state index is 11.2. The van der Waals surface area contributed by atoms with Gasteiger partial charge in [-0.3, -0.25) is 4.79 Å². The molecule has 5 heteroatoms. The van der Waals surface area contributed by atoms with Gasteiger partial charge < -0.3 is 9.55 Å². The standard InChI is InChI=1S/C9H10N4O/c1-6-3-8(14)12-9(11-6)7-4-10-5-13(7)2/h3-5H,1-2H3,(H,11,12,14). The molecular formula is C9H10N4O. The van der Waals surface area contributed by atoms with Crippen molar-refractivity contribution in [3.05, 3.63) is 34.6 Å². The Morgan fingerprint density at radius 1 is 1.50 bits per heavy atom. The molecule has 0 aliphatic rings. The van der Waals surface area contributed by atoms with Gasteiger partial charge in [0.2, 0.25) is 0 Å². The minimum Gasteiger partial charge on any atom is -0.331 e. The van der Waals surface area contributed by atoms with Crippen molar-refractivity contribution >= 4 is 0 Å². The lowest BCUT2D eigenvalue weighted by atomic mass is 10.4. The number of aromatic nitrogens is 4. The van der Waals surface area contributed by atoms with Gasteiger partial charge in [-0.05, 0) is 6.92 Å². The van der Waals surface area contributed by atoms with Crippen molar-refractivity contribution in [3.63, 3.8) is 0 Å².